The Labute approximate surface area is 114 Å². The fraction of sp³-hybridized carbons (Fsp3) is 0.467. The van der Waals surface area contributed by atoms with Gasteiger partial charge in [-0.15, -0.1) is 0 Å². The van der Waals surface area contributed by atoms with E-state index in [0.717, 1.165) is 24.9 Å². The van der Waals surface area contributed by atoms with Crippen LogP contribution in [0.5, 0.6) is 0 Å². The molecule has 1 aromatic rings. The number of para-hydroxylation sites is 1. The molecule has 0 bridgehead atoms. The molecule has 0 aliphatic heterocycles. The van der Waals surface area contributed by atoms with E-state index in [4.69, 9.17) is 0 Å². The maximum absolute atomic E-state index is 11.9. The molecule has 2 amide bonds. The van der Waals surface area contributed by atoms with Crippen LogP contribution in [0.1, 0.15) is 33.1 Å². The number of hydrogen-bond acceptors (Lipinski definition) is 2. The second-order valence-corrected chi connectivity index (χ2v) is 4.56. The molecule has 0 saturated carbocycles. The Morgan fingerprint density at radius 1 is 1.16 bits per heavy atom. The Balaban J connectivity index is 2.45. The molecule has 0 aliphatic carbocycles. The molecule has 4 heteroatoms. The third-order valence-corrected chi connectivity index (χ3v) is 2.87. The highest BCUT2D eigenvalue weighted by Gasteiger charge is 2.13. The molecule has 1 aromatic carbocycles. The number of hydrogen-bond donors (Lipinski definition) is 1. The molecule has 1 N–H and O–H groups in total. The molecule has 0 aliphatic rings. The zero-order chi connectivity index (χ0) is 14.1. The number of rotatable bonds is 7. The molecule has 0 unspecified atom stereocenters. The fourth-order valence-electron chi connectivity index (χ4n) is 1.80. The second kappa shape index (κ2) is 8.29. The van der Waals surface area contributed by atoms with Crippen molar-refractivity contribution in [2.24, 2.45) is 0 Å². The molecular weight excluding hydrogens is 240 g/mol. The predicted octanol–water partition coefficient (Wildman–Crippen LogP) is 2.66. The first-order chi connectivity index (χ1) is 9.13. The zero-order valence-corrected chi connectivity index (χ0v) is 11.7. The lowest BCUT2D eigenvalue weighted by Gasteiger charge is -2.20. The molecule has 19 heavy (non-hydrogen) atoms. The van der Waals surface area contributed by atoms with Gasteiger partial charge >= 0.3 is 0 Å². The average molecular weight is 262 g/mol. The van der Waals surface area contributed by atoms with E-state index in [9.17, 15) is 9.59 Å². The van der Waals surface area contributed by atoms with E-state index in [1.165, 1.54) is 6.92 Å². The summed E-state index contributed by atoms with van der Waals surface area (Å²) < 4.78 is 0. The van der Waals surface area contributed by atoms with Crippen molar-refractivity contribution < 1.29 is 9.59 Å². The van der Waals surface area contributed by atoms with Crippen molar-refractivity contribution in [2.45, 2.75) is 33.1 Å². The van der Waals surface area contributed by atoms with E-state index < -0.39 is 0 Å². The number of carbonyl (C=O) groups excluding carboxylic acids is 2. The lowest BCUT2D eigenvalue weighted by molar-refractivity contribution is -0.132. The number of unbranched alkanes of at least 4 members (excludes halogenated alkanes) is 2. The highest BCUT2D eigenvalue weighted by molar-refractivity contribution is 5.94. The Kier molecular flexibility index (Phi) is 6.64. The van der Waals surface area contributed by atoms with Crippen LogP contribution in [0.3, 0.4) is 0 Å². The lowest BCUT2D eigenvalue weighted by Crippen LogP contribution is -2.37. The minimum atomic E-state index is -0.155. The van der Waals surface area contributed by atoms with E-state index in [2.05, 4.69) is 12.2 Å². The minimum absolute atomic E-state index is 0.0562. The minimum Gasteiger partial charge on any atom is -0.334 e. The van der Waals surface area contributed by atoms with Crippen LogP contribution in [0.4, 0.5) is 5.69 Å². The van der Waals surface area contributed by atoms with Crippen LogP contribution in [0, 0.1) is 0 Å². The van der Waals surface area contributed by atoms with Crippen molar-refractivity contribution in [3.05, 3.63) is 30.3 Å². The summed E-state index contributed by atoms with van der Waals surface area (Å²) in [5.74, 6) is -0.211. The standard InChI is InChI=1S/C15H22N2O2/c1-3-4-8-11-17(13(2)18)12-15(19)16-14-9-6-5-7-10-14/h5-7,9-10H,3-4,8,11-12H2,1-2H3,(H,16,19). The lowest BCUT2D eigenvalue weighted by atomic mass is 10.2. The van der Waals surface area contributed by atoms with Crippen molar-refractivity contribution in [2.75, 3.05) is 18.4 Å². The summed E-state index contributed by atoms with van der Waals surface area (Å²) in [4.78, 5) is 24.9. The Bertz CT molecular complexity index is 404. The number of anilines is 1. The molecule has 0 heterocycles. The van der Waals surface area contributed by atoms with Crippen LogP contribution < -0.4 is 5.32 Å². The third-order valence-electron chi connectivity index (χ3n) is 2.87. The van der Waals surface area contributed by atoms with Crippen molar-refractivity contribution in [1.29, 1.82) is 0 Å². The van der Waals surface area contributed by atoms with E-state index in [1.54, 1.807) is 4.90 Å². The summed E-state index contributed by atoms with van der Waals surface area (Å²) in [6.45, 7) is 4.38. The molecule has 0 radical (unpaired) electrons. The monoisotopic (exact) mass is 262 g/mol. The van der Waals surface area contributed by atoms with Crippen molar-refractivity contribution in [3.8, 4) is 0 Å². The Morgan fingerprint density at radius 2 is 1.84 bits per heavy atom. The molecule has 104 valence electrons. The number of carbonyl (C=O) groups is 2. The summed E-state index contributed by atoms with van der Waals surface area (Å²) in [7, 11) is 0. The molecule has 0 saturated heterocycles. The molecule has 4 nitrogen and oxygen atoms in total. The van der Waals surface area contributed by atoms with Gasteiger partial charge in [-0.3, -0.25) is 9.59 Å². The SMILES string of the molecule is CCCCCN(CC(=O)Nc1ccccc1)C(C)=O. The van der Waals surface area contributed by atoms with E-state index >= 15 is 0 Å². The van der Waals surface area contributed by atoms with Gasteiger partial charge in [0.1, 0.15) is 0 Å². The van der Waals surface area contributed by atoms with Crippen LogP contribution in [0.25, 0.3) is 0 Å². The van der Waals surface area contributed by atoms with E-state index in [0.29, 0.717) is 6.54 Å². The van der Waals surface area contributed by atoms with Gasteiger partial charge in [0.25, 0.3) is 0 Å². The van der Waals surface area contributed by atoms with Crippen molar-refractivity contribution in [3.63, 3.8) is 0 Å². The van der Waals surface area contributed by atoms with Gasteiger partial charge in [-0.1, -0.05) is 38.0 Å². The van der Waals surface area contributed by atoms with Gasteiger partial charge in [-0.05, 0) is 18.6 Å². The Morgan fingerprint density at radius 3 is 2.42 bits per heavy atom. The van der Waals surface area contributed by atoms with Crippen LogP contribution in [-0.4, -0.2) is 29.8 Å². The normalized spacial score (nSPS) is 10.0. The van der Waals surface area contributed by atoms with Gasteiger partial charge in [0.05, 0.1) is 6.54 Å². The maximum Gasteiger partial charge on any atom is 0.243 e. The van der Waals surface area contributed by atoms with Crippen LogP contribution >= 0.6 is 0 Å². The van der Waals surface area contributed by atoms with Crippen LogP contribution in [0.2, 0.25) is 0 Å². The smallest absolute Gasteiger partial charge is 0.243 e. The quantitative estimate of drug-likeness (QED) is 0.768. The average Bonchev–Trinajstić information content (AvgIpc) is 2.38. The second-order valence-electron chi connectivity index (χ2n) is 4.56. The molecule has 0 fully saturated rings. The van der Waals surface area contributed by atoms with Crippen LogP contribution in [0.15, 0.2) is 30.3 Å². The van der Waals surface area contributed by atoms with Gasteiger partial charge in [0, 0.05) is 19.2 Å². The van der Waals surface area contributed by atoms with Crippen LogP contribution in [-0.2, 0) is 9.59 Å². The first kappa shape index (κ1) is 15.2. The topological polar surface area (TPSA) is 49.4 Å². The van der Waals surface area contributed by atoms with Gasteiger partial charge in [0.15, 0.2) is 0 Å². The van der Waals surface area contributed by atoms with Crippen molar-refractivity contribution >= 4 is 17.5 Å². The highest BCUT2D eigenvalue weighted by Crippen LogP contribution is 2.05. The zero-order valence-electron chi connectivity index (χ0n) is 11.7. The third kappa shape index (κ3) is 6.04. The van der Waals surface area contributed by atoms with Crippen molar-refractivity contribution in [1.82, 2.24) is 4.90 Å². The van der Waals surface area contributed by atoms with Gasteiger partial charge in [0.2, 0.25) is 11.8 Å². The maximum atomic E-state index is 11.9. The number of amides is 2. The molecule has 0 aromatic heterocycles. The first-order valence-electron chi connectivity index (χ1n) is 6.74. The predicted molar refractivity (Wildman–Crippen MR) is 76.9 cm³/mol. The van der Waals surface area contributed by atoms with Gasteiger partial charge in [-0.2, -0.15) is 0 Å². The largest absolute Gasteiger partial charge is 0.334 e. The van der Waals surface area contributed by atoms with Gasteiger partial charge < -0.3 is 10.2 Å². The number of nitrogens with zero attached hydrogens (tertiary/aromatic N) is 1. The van der Waals surface area contributed by atoms with E-state index in [-0.39, 0.29) is 18.4 Å². The van der Waals surface area contributed by atoms with Gasteiger partial charge in [-0.25, -0.2) is 0 Å². The molecular formula is C15H22N2O2. The number of nitrogens with one attached hydrogen (secondary N) is 1. The Hall–Kier alpha value is -1.84. The summed E-state index contributed by atoms with van der Waals surface area (Å²) in [6.07, 6.45) is 3.11. The summed E-state index contributed by atoms with van der Waals surface area (Å²) in [5, 5.41) is 2.78. The summed E-state index contributed by atoms with van der Waals surface area (Å²) >= 11 is 0. The summed E-state index contributed by atoms with van der Waals surface area (Å²) in [5.41, 5.74) is 0.754. The molecule has 0 spiro atoms. The summed E-state index contributed by atoms with van der Waals surface area (Å²) in [6, 6.07) is 9.27. The molecule has 0 atom stereocenters. The fourth-order valence-corrected chi connectivity index (χ4v) is 1.80. The highest BCUT2D eigenvalue weighted by atomic mass is 16.2. The van der Waals surface area contributed by atoms with E-state index in [1.807, 2.05) is 30.3 Å². The molecule has 1 rings (SSSR count). The number of benzene rings is 1. The first-order valence-corrected chi connectivity index (χ1v) is 6.74.